The van der Waals surface area contributed by atoms with Crippen LogP contribution < -0.4 is 4.90 Å². The number of rotatable bonds is 3. The highest BCUT2D eigenvalue weighted by molar-refractivity contribution is 6.12. The number of hydrogen-bond donors (Lipinski definition) is 1. The van der Waals surface area contributed by atoms with Crippen LogP contribution in [0.1, 0.15) is 22.6 Å². The number of carbonyl (C=O) groups is 1. The van der Waals surface area contributed by atoms with E-state index in [0.29, 0.717) is 0 Å². The van der Waals surface area contributed by atoms with Gasteiger partial charge in [0.2, 0.25) is 5.91 Å². The Morgan fingerprint density at radius 2 is 1.43 bits per heavy atom. The molecule has 1 unspecified atom stereocenters. The molecule has 1 amide bonds. The lowest BCUT2D eigenvalue weighted by molar-refractivity contribution is -0.117. The fourth-order valence-corrected chi connectivity index (χ4v) is 4.28. The minimum atomic E-state index is -0.413. The zero-order valence-corrected chi connectivity index (χ0v) is 16.6. The summed E-state index contributed by atoms with van der Waals surface area (Å²) in [5, 5.41) is 10.5. The summed E-state index contributed by atoms with van der Waals surface area (Å²) in [6.45, 7) is 2.02. The van der Waals surface area contributed by atoms with E-state index in [-0.39, 0.29) is 11.7 Å². The predicted molar refractivity (Wildman–Crippen MR) is 120 cm³/mol. The van der Waals surface area contributed by atoms with Gasteiger partial charge in [0.15, 0.2) is 0 Å². The third-order valence-electron chi connectivity index (χ3n) is 5.75. The fraction of sp³-hybridized carbons (Fsp3) is 0.0741. The van der Waals surface area contributed by atoms with Crippen LogP contribution in [0, 0.1) is 6.92 Å². The molecule has 1 N–H and O–H groups in total. The number of aromatic hydroxyl groups is 1. The van der Waals surface area contributed by atoms with E-state index in [1.54, 1.807) is 6.07 Å². The van der Waals surface area contributed by atoms with Crippen LogP contribution in [0.2, 0.25) is 0 Å². The van der Waals surface area contributed by atoms with E-state index >= 15 is 0 Å². The Balaban J connectivity index is 1.66. The van der Waals surface area contributed by atoms with Gasteiger partial charge in [-0.15, -0.1) is 0 Å². The molecule has 3 heteroatoms. The van der Waals surface area contributed by atoms with Gasteiger partial charge >= 0.3 is 0 Å². The number of amides is 1. The number of para-hydroxylation sites is 2. The largest absolute Gasteiger partial charge is 0.507 e. The number of carbonyl (C=O) groups excluding carboxylic acids is 1. The van der Waals surface area contributed by atoms with Crippen LogP contribution in [-0.4, -0.2) is 11.0 Å². The molecule has 0 spiro atoms. The van der Waals surface area contributed by atoms with Crippen LogP contribution in [0.25, 0.3) is 11.1 Å². The first-order valence-corrected chi connectivity index (χ1v) is 10.0. The standard InChI is InChI=1S/C27H21NO2/c1-18-9-5-7-13-23(18)28-24-14-8-6-12-21(24)26(27(28)30)20-15-16-25(29)22(17-20)19-10-3-2-4-11-19/h2-17,26,29H,1H3. The van der Waals surface area contributed by atoms with Crippen molar-refractivity contribution in [3.63, 3.8) is 0 Å². The fourth-order valence-electron chi connectivity index (χ4n) is 4.28. The van der Waals surface area contributed by atoms with Gasteiger partial charge in [-0.1, -0.05) is 72.8 Å². The topological polar surface area (TPSA) is 40.5 Å². The van der Waals surface area contributed by atoms with Crippen molar-refractivity contribution >= 4 is 17.3 Å². The number of phenols is 1. The van der Waals surface area contributed by atoms with Gasteiger partial charge < -0.3 is 5.11 Å². The summed E-state index contributed by atoms with van der Waals surface area (Å²) in [4.78, 5) is 15.5. The highest BCUT2D eigenvalue weighted by atomic mass is 16.3. The number of hydrogen-bond acceptors (Lipinski definition) is 2. The van der Waals surface area contributed by atoms with Crippen molar-refractivity contribution in [3.8, 4) is 16.9 Å². The molecule has 0 saturated heterocycles. The zero-order chi connectivity index (χ0) is 20.7. The quantitative estimate of drug-likeness (QED) is 0.453. The van der Waals surface area contributed by atoms with Gasteiger partial charge in [0.1, 0.15) is 5.75 Å². The predicted octanol–water partition coefficient (Wildman–Crippen LogP) is 6.18. The Morgan fingerprint density at radius 3 is 2.20 bits per heavy atom. The maximum atomic E-state index is 13.7. The molecule has 4 aromatic rings. The molecule has 1 atom stereocenters. The van der Waals surface area contributed by atoms with Crippen LogP contribution in [0.3, 0.4) is 0 Å². The summed E-state index contributed by atoms with van der Waals surface area (Å²) < 4.78 is 0. The Bertz CT molecular complexity index is 1250. The van der Waals surface area contributed by atoms with E-state index in [2.05, 4.69) is 0 Å². The smallest absolute Gasteiger partial charge is 0.243 e. The van der Waals surface area contributed by atoms with E-state index in [0.717, 1.165) is 39.2 Å². The first-order chi connectivity index (χ1) is 14.6. The molecular formula is C27H21NO2. The molecule has 0 aliphatic carbocycles. The van der Waals surface area contributed by atoms with Gasteiger partial charge in [-0.25, -0.2) is 0 Å². The first-order valence-electron chi connectivity index (χ1n) is 10.0. The molecule has 4 aromatic carbocycles. The monoisotopic (exact) mass is 391 g/mol. The van der Waals surface area contributed by atoms with E-state index in [1.165, 1.54) is 0 Å². The molecule has 0 saturated carbocycles. The molecule has 0 radical (unpaired) electrons. The van der Waals surface area contributed by atoms with Gasteiger partial charge in [-0.2, -0.15) is 0 Å². The normalized spacial score (nSPS) is 15.3. The van der Waals surface area contributed by atoms with Crippen molar-refractivity contribution in [3.05, 3.63) is 114 Å². The molecular weight excluding hydrogens is 370 g/mol. The summed E-state index contributed by atoms with van der Waals surface area (Å²) in [7, 11) is 0. The highest BCUT2D eigenvalue weighted by Gasteiger charge is 2.39. The lowest BCUT2D eigenvalue weighted by Crippen LogP contribution is -2.25. The van der Waals surface area contributed by atoms with Crippen molar-refractivity contribution in [1.82, 2.24) is 0 Å². The maximum absolute atomic E-state index is 13.7. The average Bonchev–Trinajstić information content (AvgIpc) is 3.07. The van der Waals surface area contributed by atoms with Gasteiger partial charge in [-0.05, 0) is 53.4 Å². The molecule has 146 valence electrons. The lowest BCUT2D eigenvalue weighted by Gasteiger charge is -2.20. The average molecular weight is 391 g/mol. The van der Waals surface area contributed by atoms with Crippen LogP contribution >= 0.6 is 0 Å². The van der Waals surface area contributed by atoms with E-state index in [4.69, 9.17) is 0 Å². The van der Waals surface area contributed by atoms with Crippen molar-refractivity contribution in [2.75, 3.05) is 4.90 Å². The van der Waals surface area contributed by atoms with Crippen LogP contribution in [0.15, 0.2) is 97.1 Å². The van der Waals surface area contributed by atoms with E-state index in [9.17, 15) is 9.90 Å². The van der Waals surface area contributed by atoms with Gasteiger partial charge in [0, 0.05) is 5.56 Å². The van der Waals surface area contributed by atoms with Crippen LogP contribution in [0.5, 0.6) is 5.75 Å². The molecule has 1 aliphatic rings. The van der Waals surface area contributed by atoms with Gasteiger partial charge in [0.25, 0.3) is 0 Å². The lowest BCUT2D eigenvalue weighted by atomic mass is 9.90. The number of nitrogens with zero attached hydrogens (tertiary/aromatic N) is 1. The Hall–Kier alpha value is -3.85. The summed E-state index contributed by atoms with van der Waals surface area (Å²) in [6, 6.07) is 31.1. The third kappa shape index (κ3) is 2.87. The highest BCUT2D eigenvalue weighted by Crippen LogP contribution is 2.46. The Morgan fingerprint density at radius 1 is 0.767 bits per heavy atom. The zero-order valence-electron chi connectivity index (χ0n) is 16.6. The maximum Gasteiger partial charge on any atom is 0.243 e. The van der Waals surface area contributed by atoms with Gasteiger partial charge in [-0.3, -0.25) is 9.69 Å². The van der Waals surface area contributed by atoms with Crippen molar-refractivity contribution in [2.24, 2.45) is 0 Å². The number of fused-ring (bicyclic) bond motifs is 1. The van der Waals surface area contributed by atoms with Crippen LogP contribution in [0.4, 0.5) is 11.4 Å². The van der Waals surface area contributed by atoms with Crippen LogP contribution in [-0.2, 0) is 4.79 Å². The molecule has 0 fully saturated rings. The summed E-state index contributed by atoms with van der Waals surface area (Å²) >= 11 is 0. The molecule has 5 rings (SSSR count). The van der Waals surface area contributed by atoms with E-state index < -0.39 is 5.92 Å². The number of aryl methyl sites for hydroxylation is 1. The molecule has 30 heavy (non-hydrogen) atoms. The SMILES string of the molecule is Cc1ccccc1N1C(=O)C(c2ccc(O)c(-c3ccccc3)c2)c2ccccc21. The van der Waals surface area contributed by atoms with E-state index in [1.807, 2.05) is 103 Å². The molecule has 3 nitrogen and oxygen atoms in total. The second-order valence-corrected chi connectivity index (χ2v) is 7.59. The minimum Gasteiger partial charge on any atom is -0.507 e. The van der Waals surface area contributed by atoms with Crippen molar-refractivity contribution < 1.29 is 9.90 Å². The third-order valence-corrected chi connectivity index (χ3v) is 5.75. The second-order valence-electron chi connectivity index (χ2n) is 7.59. The molecule has 0 bridgehead atoms. The molecule has 0 aromatic heterocycles. The van der Waals surface area contributed by atoms with Gasteiger partial charge in [0.05, 0.1) is 17.3 Å². The minimum absolute atomic E-state index is 0.0233. The van der Waals surface area contributed by atoms with Crippen molar-refractivity contribution in [1.29, 1.82) is 0 Å². The summed E-state index contributed by atoms with van der Waals surface area (Å²) in [5.74, 6) is -0.182. The van der Waals surface area contributed by atoms with Crippen molar-refractivity contribution in [2.45, 2.75) is 12.8 Å². The number of phenolic OH excluding ortho intramolecular Hbond substituents is 1. The first kappa shape index (κ1) is 18.2. The Labute approximate surface area is 175 Å². The number of benzene rings is 4. The molecule has 1 aliphatic heterocycles. The number of anilines is 2. The summed E-state index contributed by atoms with van der Waals surface area (Å²) in [5.41, 5.74) is 6.38. The second kappa shape index (κ2) is 7.20. The Kier molecular flexibility index (Phi) is 4.36. The molecule has 1 heterocycles. The summed E-state index contributed by atoms with van der Waals surface area (Å²) in [6.07, 6.45) is 0.